The van der Waals surface area contributed by atoms with Crippen molar-refractivity contribution in [2.75, 3.05) is 0 Å². The molecule has 0 aliphatic carbocycles. The molecule has 0 heterocycles. The lowest BCUT2D eigenvalue weighted by molar-refractivity contribution is -0.120. The highest BCUT2D eigenvalue weighted by Crippen LogP contribution is 2.11. The normalized spacial score (nSPS) is 11.9. The van der Waals surface area contributed by atoms with Crippen LogP contribution in [0.15, 0.2) is 24.3 Å². The van der Waals surface area contributed by atoms with Gasteiger partial charge in [0, 0.05) is 5.02 Å². The summed E-state index contributed by atoms with van der Waals surface area (Å²) in [5.41, 5.74) is 6.38. The van der Waals surface area contributed by atoms with Crippen LogP contribution in [0, 0.1) is 0 Å². The molecular formula is C12H15ClN2OS. The van der Waals surface area contributed by atoms with Crippen molar-refractivity contribution in [3.05, 3.63) is 34.9 Å². The number of hydrogen-bond acceptors (Lipinski definition) is 2. The zero-order chi connectivity index (χ0) is 12.8. The van der Waals surface area contributed by atoms with Crippen LogP contribution in [0.2, 0.25) is 5.02 Å². The summed E-state index contributed by atoms with van der Waals surface area (Å²) in [7, 11) is 0. The first-order valence-electron chi connectivity index (χ1n) is 5.36. The number of carbonyl (C=O) groups is 1. The Hall–Kier alpha value is -1.13. The fourth-order valence-corrected chi connectivity index (χ4v) is 1.89. The quantitative estimate of drug-likeness (QED) is 0.806. The number of carbonyl (C=O) groups excluding carboxylic acids is 1. The molecule has 0 saturated carbocycles. The summed E-state index contributed by atoms with van der Waals surface area (Å²) < 4.78 is 0. The predicted octanol–water partition coefficient (Wildman–Crippen LogP) is 2.06. The Kier molecular flexibility index (Phi) is 5.38. The van der Waals surface area contributed by atoms with Crippen LogP contribution < -0.4 is 11.1 Å². The number of thiocarbonyl (C=S) groups is 1. The van der Waals surface area contributed by atoms with E-state index in [0.29, 0.717) is 16.4 Å². The molecule has 17 heavy (non-hydrogen) atoms. The SMILES string of the molecule is CCC(NC(=O)Cc1cccc(Cl)c1)C(N)=S. The average molecular weight is 271 g/mol. The smallest absolute Gasteiger partial charge is 0.224 e. The zero-order valence-corrected chi connectivity index (χ0v) is 11.1. The first-order valence-corrected chi connectivity index (χ1v) is 6.14. The molecule has 1 amide bonds. The predicted molar refractivity (Wildman–Crippen MR) is 74.2 cm³/mol. The van der Waals surface area contributed by atoms with Gasteiger partial charge in [-0.15, -0.1) is 0 Å². The maximum absolute atomic E-state index is 11.7. The van der Waals surface area contributed by atoms with Crippen molar-refractivity contribution < 1.29 is 4.79 Å². The summed E-state index contributed by atoms with van der Waals surface area (Å²) in [6.45, 7) is 1.92. The molecule has 1 unspecified atom stereocenters. The molecule has 1 aromatic carbocycles. The molecule has 0 bridgehead atoms. The van der Waals surface area contributed by atoms with Crippen molar-refractivity contribution in [1.82, 2.24) is 5.32 Å². The van der Waals surface area contributed by atoms with E-state index in [1.807, 2.05) is 19.1 Å². The van der Waals surface area contributed by atoms with Gasteiger partial charge in [0.2, 0.25) is 5.91 Å². The average Bonchev–Trinajstić information content (AvgIpc) is 2.25. The Morgan fingerprint density at radius 1 is 1.59 bits per heavy atom. The van der Waals surface area contributed by atoms with Crippen molar-refractivity contribution in [1.29, 1.82) is 0 Å². The lowest BCUT2D eigenvalue weighted by Gasteiger charge is -2.15. The number of amides is 1. The molecule has 3 N–H and O–H groups in total. The molecule has 5 heteroatoms. The van der Waals surface area contributed by atoms with Crippen LogP contribution >= 0.6 is 23.8 Å². The third-order valence-electron chi connectivity index (χ3n) is 2.34. The Balaban J connectivity index is 2.58. The minimum atomic E-state index is -0.239. The molecule has 0 aliphatic rings. The molecule has 0 fully saturated rings. The Bertz CT molecular complexity index is 423. The van der Waals surface area contributed by atoms with E-state index in [-0.39, 0.29) is 18.4 Å². The summed E-state index contributed by atoms with van der Waals surface area (Å²) in [6.07, 6.45) is 0.969. The van der Waals surface area contributed by atoms with E-state index >= 15 is 0 Å². The second kappa shape index (κ2) is 6.57. The number of halogens is 1. The third kappa shape index (κ3) is 4.71. The van der Waals surface area contributed by atoms with Gasteiger partial charge in [0.25, 0.3) is 0 Å². The van der Waals surface area contributed by atoms with Crippen molar-refractivity contribution in [3.63, 3.8) is 0 Å². The first-order chi connectivity index (χ1) is 8.02. The molecule has 0 aromatic heterocycles. The van der Waals surface area contributed by atoms with E-state index in [2.05, 4.69) is 5.32 Å². The van der Waals surface area contributed by atoms with Crippen LogP contribution in [0.25, 0.3) is 0 Å². The molecule has 0 spiro atoms. The summed E-state index contributed by atoms with van der Waals surface area (Å²) in [4.78, 5) is 12.0. The molecule has 0 radical (unpaired) electrons. The van der Waals surface area contributed by atoms with E-state index in [1.165, 1.54) is 0 Å². The Morgan fingerprint density at radius 2 is 2.29 bits per heavy atom. The molecule has 92 valence electrons. The number of rotatable bonds is 5. The molecular weight excluding hydrogens is 256 g/mol. The molecule has 1 rings (SSSR count). The Morgan fingerprint density at radius 3 is 2.82 bits per heavy atom. The summed E-state index contributed by atoms with van der Waals surface area (Å²) in [6, 6.07) is 6.97. The number of hydrogen-bond donors (Lipinski definition) is 2. The number of benzene rings is 1. The molecule has 0 aliphatic heterocycles. The van der Waals surface area contributed by atoms with E-state index in [1.54, 1.807) is 12.1 Å². The number of nitrogens with two attached hydrogens (primary N) is 1. The summed E-state index contributed by atoms with van der Waals surface area (Å²) in [5.74, 6) is -0.105. The van der Waals surface area contributed by atoms with Gasteiger partial charge in [-0.3, -0.25) is 4.79 Å². The van der Waals surface area contributed by atoms with Gasteiger partial charge in [0.1, 0.15) is 0 Å². The third-order valence-corrected chi connectivity index (χ3v) is 2.86. The van der Waals surface area contributed by atoms with Crippen molar-refractivity contribution in [2.24, 2.45) is 5.73 Å². The molecule has 1 aromatic rings. The summed E-state index contributed by atoms with van der Waals surface area (Å²) in [5, 5.41) is 3.41. The van der Waals surface area contributed by atoms with Gasteiger partial charge in [0.15, 0.2) is 0 Å². The molecule has 1 atom stereocenters. The van der Waals surface area contributed by atoms with Crippen LogP contribution in [0.1, 0.15) is 18.9 Å². The minimum absolute atomic E-state index is 0.105. The summed E-state index contributed by atoms with van der Waals surface area (Å²) >= 11 is 10.7. The topological polar surface area (TPSA) is 55.1 Å². The highest BCUT2D eigenvalue weighted by atomic mass is 35.5. The van der Waals surface area contributed by atoms with E-state index in [4.69, 9.17) is 29.6 Å². The Labute approximate surface area is 111 Å². The van der Waals surface area contributed by atoms with Crippen LogP contribution in [-0.2, 0) is 11.2 Å². The van der Waals surface area contributed by atoms with Gasteiger partial charge >= 0.3 is 0 Å². The second-order valence-corrected chi connectivity index (χ2v) is 4.65. The highest BCUT2D eigenvalue weighted by Gasteiger charge is 2.12. The van der Waals surface area contributed by atoms with Gasteiger partial charge in [-0.2, -0.15) is 0 Å². The standard InChI is InChI=1S/C12H15ClN2OS/c1-2-10(12(14)17)15-11(16)7-8-4-3-5-9(13)6-8/h3-6,10H,2,7H2,1H3,(H2,14,17)(H,15,16). The maximum atomic E-state index is 11.7. The van der Waals surface area contributed by atoms with Gasteiger partial charge in [-0.1, -0.05) is 42.9 Å². The van der Waals surface area contributed by atoms with Crippen molar-refractivity contribution in [3.8, 4) is 0 Å². The van der Waals surface area contributed by atoms with Crippen molar-refractivity contribution >= 4 is 34.7 Å². The van der Waals surface area contributed by atoms with E-state index in [0.717, 1.165) is 5.56 Å². The zero-order valence-electron chi connectivity index (χ0n) is 9.57. The fraction of sp³-hybridized carbons (Fsp3) is 0.333. The highest BCUT2D eigenvalue weighted by molar-refractivity contribution is 7.80. The lowest BCUT2D eigenvalue weighted by atomic mass is 10.1. The van der Waals surface area contributed by atoms with E-state index in [9.17, 15) is 4.79 Å². The van der Waals surface area contributed by atoms with Crippen LogP contribution in [0.3, 0.4) is 0 Å². The van der Waals surface area contributed by atoms with Crippen molar-refractivity contribution in [2.45, 2.75) is 25.8 Å². The van der Waals surface area contributed by atoms with Gasteiger partial charge in [-0.25, -0.2) is 0 Å². The van der Waals surface area contributed by atoms with Crippen LogP contribution in [0.5, 0.6) is 0 Å². The maximum Gasteiger partial charge on any atom is 0.224 e. The second-order valence-electron chi connectivity index (χ2n) is 3.74. The lowest BCUT2D eigenvalue weighted by Crippen LogP contribution is -2.43. The van der Waals surface area contributed by atoms with Crippen LogP contribution in [0.4, 0.5) is 0 Å². The fourth-order valence-electron chi connectivity index (χ4n) is 1.45. The van der Waals surface area contributed by atoms with Gasteiger partial charge < -0.3 is 11.1 Å². The molecule has 3 nitrogen and oxygen atoms in total. The van der Waals surface area contributed by atoms with Crippen LogP contribution in [-0.4, -0.2) is 16.9 Å². The van der Waals surface area contributed by atoms with E-state index < -0.39 is 0 Å². The van der Waals surface area contributed by atoms with Gasteiger partial charge in [0.05, 0.1) is 17.5 Å². The first kappa shape index (κ1) is 13.9. The monoisotopic (exact) mass is 270 g/mol. The minimum Gasteiger partial charge on any atom is -0.392 e. The largest absolute Gasteiger partial charge is 0.392 e. The molecule has 0 saturated heterocycles. The van der Waals surface area contributed by atoms with Gasteiger partial charge in [-0.05, 0) is 24.1 Å². The number of nitrogens with one attached hydrogen (secondary N) is 1.